The lowest BCUT2D eigenvalue weighted by atomic mass is 10.0. The molecule has 94 heavy (non-hydrogen) atoms. The molecule has 0 radical (unpaired) electrons. The number of aliphatic hydroxyl groups is 2. The smallest absolute Gasteiger partial charge is 0.245 e. The molecule has 0 heterocycles. The standard InChI is InChI=1S/C58H93N21O15/c1-31(47(61)85)72-51(89)39(20-13-23-66-57(62)63)75-49(87)33(3)73-55(93)42(30-80)78-53(91)38(19-11-12-22-59)77-52(90)40(21-14-24-67-58(64)65)76-48(86)32(2)71-44(83)29-70-56(94)46(34(4)81)79-54(92)41(26-36-17-9-6-10-18-36)74-45(84)28-68-43(82)27-69-50(88)37(60)25-35-15-7-5-8-16-35/h5-10,15-18,31-34,37-42,46,80-81H,11-14,19-30,59-60H2,1-4H3,(H2,61,85)(H,68,82)(H,69,88)(H,70,94)(H,71,83)(H,72,89)(H,73,93)(H,74,84)(H,75,87)(H,76,86)(H,77,90)(H,78,91)(H,79,92)(H4,62,63,66)(H4,64,65,67)/t31-,32-,33-,34+,37-,38-,39-,40-,41-,42-,46-/m0/s1. The molecule has 28 N–H and O–H groups in total. The zero-order valence-corrected chi connectivity index (χ0v) is 53.1. The third-order valence-electron chi connectivity index (χ3n) is 13.8. The maximum atomic E-state index is 14.1. The summed E-state index contributed by atoms with van der Waals surface area (Å²) in [6.07, 6.45) is -0.876. The number of carbonyl (C=O) groups excluding carboxylic acids is 13. The minimum Gasteiger partial charge on any atom is -0.394 e. The van der Waals surface area contributed by atoms with Gasteiger partial charge in [0.05, 0.1) is 38.4 Å². The molecule has 0 saturated heterocycles. The fourth-order valence-corrected chi connectivity index (χ4v) is 8.50. The molecule has 0 fully saturated rings. The van der Waals surface area contributed by atoms with Gasteiger partial charge in [0, 0.05) is 19.5 Å². The van der Waals surface area contributed by atoms with Crippen molar-refractivity contribution in [2.24, 2.45) is 50.1 Å². The highest BCUT2D eigenvalue weighted by molar-refractivity contribution is 5.99. The predicted molar refractivity (Wildman–Crippen MR) is 342 cm³/mol. The summed E-state index contributed by atoms with van der Waals surface area (Å²) in [4.78, 5) is 180. The fourth-order valence-electron chi connectivity index (χ4n) is 8.50. The molecular weight excluding hydrogens is 1230 g/mol. The van der Waals surface area contributed by atoms with Crippen LogP contribution in [0.3, 0.4) is 0 Å². The van der Waals surface area contributed by atoms with Crippen LogP contribution < -0.4 is 104 Å². The monoisotopic (exact) mass is 1320 g/mol. The molecule has 0 spiro atoms. The number of rotatable bonds is 43. The van der Waals surface area contributed by atoms with Crippen molar-refractivity contribution >= 4 is 88.7 Å². The first-order valence-electron chi connectivity index (χ1n) is 30.2. The van der Waals surface area contributed by atoms with Crippen LogP contribution in [0.25, 0.3) is 0 Å². The van der Waals surface area contributed by atoms with Gasteiger partial charge < -0.3 is 114 Å². The summed E-state index contributed by atoms with van der Waals surface area (Å²) in [5.74, 6) is -12.1. The molecule has 0 aliphatic carbocycles. The van der Waals surface area contributed by atoms with E-state index in [0.29, 0.717) is 12.0 Å². The first kappa shape index (κ1) is 80.0. The number of hydrogen-bond acceptors (Lipinski definition) is 19. The molecule has 0 aromatic heterocycles. The number of hydrogen-bond donors (Lipinski definition) is 21. The zero-order chi connectivity index (χ0) is 70.5. The van der Waals surface area contributed by atoms with Crippen LogP contribution in [0.15, 0.2) is 70.6 Å². The van der Waals surface area contributed by atoms with E-state index in [1.165, 1.54) is 27.7 Å². The van der Waals surface area contributed by atoms with Gasteiger partial charge in [-0.15, -0.1) is 0 Å². The number of carbonyl (C=O) groups is 13. The maximum absolute atomic E-state index is 14.1. The summed E-state index contributed by atoms with van der Waals surface area (Å²) < 4.78 is 0. The summed E-state index contributed by atoms with van der Waals surface area (Å²) in [6.45, 7) is 2.24. The van der Waals surface area contributed by atoms with Gasteiger partial charge in [-0.2, -0.15) is 0 Å². The molecule has 0 saturated carbocycles. The average molecular weight is 1320 g/mol. The molecule has 36 heteroatoms. The number of nitrogens with zero attached hydrogens (tertiary/aromatic N) is 2. The number of aliphatic imine (C=N–C) groups is 2. The van der Waals surface area contributed by atoms with Crippen molar-refractivity contribution in [3.8, 4) is 0 Å². The molecule has 11 atom stereocenters. The number of aliphatic hydroxyl groups excluding tert-OH is 2. The number of benzene rings is 2. The van der Waals surface area contributed by atoms with Crippen LogP contribution in [0, 0.1) is 0 Å². The van der Waals surface area contributed by atoms with E-state index in [4.69, 9.17) is 40.1 Å². The van der Waals surface area contributed by atoms with Crippen molar-refractivity contribution in [2.75, 3.05) is 45.9 Å². The Hall–Kier alpha value is -10.1. The van der Waals surface area contributed by atoms with Crippen molar-refractivity contribution in [1.29, 1.82) is 0 Å². The number of nitrogens with two attached hydrogens (primary N) is 7. The second-order valence-electron chi connectivity index (χ2n) is 21.8. The molecule has 0 bridgehead atoms. The summed E-state index contributed by atoms with van der Waals surface area (Å²) in [5, 5.41) is 49.7. The molecule has 520 valence electrons. The number of guanidine groups is 2. The third-order valence-corrected chi connectivity index (χ3v) is 13.8. The summed E-state index contributed by atoms with van der Waals surface area (Å²) in [5.41, 5.74) is 40.0. The molecular formula is C58H93N21O15. The van der Waals surface area contributed by atoms with E-state index in [1.54, 1.807) is 60.7 Å². The van der Waals surface area contributed by atoms with Crippen molar-refractivity contribution in [1.82, 2.24) is 63.8 Å². The molecule has 2 aromatic rings. The number of amides is 13. The van der Waals surface area contributed by atoms with Crippen LogP contribution >= 0.6 is 0 Å². The minimum atomic E-state index is -1.72. The van der Waals surface area contributed by atoms with Gasteiger partial charge in [-0.25, -0.2) is 0 Å². The second kappa shape index (κ2) is 42.9. The van der Waals surface area contributed by atoms with Crippen molar-refractivity contribution < 1.29 is 72.5 Å². The summed E-state index contributed by atoms with van der Waals surface area (Å²) >= 11 is 0. The molecule has 13 amide bonds. The largest absolute Gasteiger partial charge is 0.394 e. The van der Waals surface area contributed by atoms with Gasteiger partial charge in [0.2, 0.25) is 76.8 Å². The molecule has 2 rings (SSSR count). The molecule has 0 aliphatic rings. The van der Waals surface area contributed by atoms with E-state index in [9.17, 15) is 72.5 Å². The second-order valence-corrected chi connectivity index (χ2v) is 21.8. The quantitative estimate of drug-likeness (QED) is 0.0167. The molecule has 2 aromatic carbocycles. The van der Waals surface area contributed by atoms with Gasteiger partial charge in [-0.1, -0.05) is 60.7 Å². The molecule has 0 unspecified atom stereocenters. The van der Waals surface area contributed by atoms with E-state index in [-0.39, 0.29) is 82.9 Å². The highest BCUT2D eigenvalue weighted by Crippen LogP contribution is 2.09. The van der Waals surface area contributed by atoms with Gasteiger partial charge in [-0.3, -0.25) is 72.3 Å². The van der Waals surface area contributed by atoms with Crippen LogP contribution in [-0.4, -0.2) is 211 Å². The summed E-state index contributed by atoms with van der Waals surface area (Å²) in [7, 11) is 0. The van der Waals surface area contributed by atoms with E-state index in [1.807, 2.05) is 0 Å². The minimum absolute atomic E-state index is 0.0219. The SMILES string of the molecule is C[C@H](NC(=O)[C@H](CCCN=C(N)N)NC(=O)[C@H](C)NC(=O)[C@H](CO)NC(=O)[C@H](CCCCN)NC(=O)[C@H](CCCN=C(N)N)NC(=O)[C@H](C)NC(=O)CNC(=O)[C@@H](NC(=O)[C@H](Cc1ccccc1)NC(=O)CNC(=O)CNC(=O)[C@@H](N)Cc1ccccc1)[C@@H](C)O)C(N)=O. The van der Waals surface area contributed by atoms with E-state index >= 15 is 0 Å². The van der Waals surface area contributed by atoms with Gasteiger partial charge in [0.1, 0.15) is 54.4 Å². The predicted octanol–water partition coefficient (Wildman–Crippen LogP) is -9.33. The van der Waals surface area contributed by atoms with Crippen molar-refractivity contribution in [3.63, 3.8) is 0 Å². The van der Waals surface area contributed by atoms with Crippen molar-refractivity contribution in [3.05, 3.63) is 71.8 Å². The lowest BCUT2D eigenvalue weighted by Crippen LogP contribution is -2.60. The van der Waals surface area contributed by atoms with Gasteiger partial charge in [-0.05, 0) is 96.7 Å². The fraction of sp³-hybridized carbons (Fsp3) is 0.534. The van der Waals surface area contributed by atoms with E-state index in [2.05, 4.69) is 73.8 Å². The summed E-state index contributed by atoms with van der Waals surface area (Å²) in [6, 6.07) is 3.48. The average Bonchev–Trinajstić information content (AvgIpc) is 0.987. The topological polar surface area (TPSA) is 614 Å². The Morgan fingerprint density at radius 3 is 1.32 bits per heavy atom. The lowest BCUT2D eigenvalue weighted by molar-refractivity contribution is -0.136. The Bertz CT molecular complexity index is 2920. The van der Waals surface area contributed by atoms with Crippen LogP contribution in [0.5, 0.6) is 0 Å². The Balaban J connectivity index is 2.16. The van der Waals surface area contributed by atoms with Gasteiger partial charge >= 0.3 is 0 Å². The first-order chi connectivity index (χ1) is 44.5. The molecule has 36 nitrogen and oxygen atoms in total. The number of unbranched alkanes of at least 4 members (excludes halogenated alkanes) is 1. The van der Waals surface area contributed by atoms with Gasteiger partial charge in [0.15, 0.2) is 11.9 Å². The number of primary amides is 1. The van der Waals surface area contributed by atoms with Crippen LogP contribution in [-0.2, 0) is 75.2 Å². The van der Waals surface area contributed by atoms with Crippen molar-refractivity contribution in [2.45, 2.75) is 152 Å². The van der Waals surface area contributed by atoms with Crippen LogP contribution in [0.4, 0.5) is 0 Å². The zero-order valence-electron chi connectivity index (χ0n) is 53.1. The van der Waals surface area contributed by atoms with E-state index in [0.717, 1.165) is 5.56 Å². The Labute approximate surface area is 543 Å². The highest BCUT2D eigenvalue weighted by atomic mass is 16.3. The maximum Gasteiger partial charge on any atom is 0.245 e. The van der Waals surface area contributed by atoms with Crippen LogP contribution in [0.2, 0.25) is 0 Å². The Morgan fingerprint density at radius 1 is 0.426 bits per heavy atom. The number of nitrogens with one attached hydrogen (secondary N) is 12. The first-order valence-corrected chi connectivity index (χ1v) is 30.2. The highest BCUT2D eigenvalue weighted by Gasteiger charge is 2.34. The molecule has 0 aliphatic heterocycles. The third kappa shape index (κ3) is 31.8. The van der Waals surface area contributed by atoms with Gasteiger partial charge in [0.25, 0.3) is 0 Å². The Kier molecular flexibility index (Phi) is 36.5. The lowest BCUT2D eigenvalue weighted by Gasteiger charge is -2.26. The Morgan fingerprint density at radius 2 is 0.830 bits per heavy atom. The van der Waals surface area contributed by atoms with Crippen LogP contribution in [0.1, 0.15) is 83.8 Å². The normalized spacial score (nSPS) is 14.3. The van der Waals surface area contributed by atoms with E-state index < -0.39 is 170 Å².